The number of hydrogen-bond donors (Lipinski definition) is 2. The number of likely N-dealkylation sites (tertiary alicyclic amines) is 1. The monoisotopic (exact) mass is 404 g/mol. The van der Waals surface area contributed by atoms with Gasteiger partial charge in [-0.15, -0.1) is 0 Å². The maximum absolute atomic E-state index is 12.3. The molecule has 0 saturated carbocycles. The number of carbonyl (C=O) groups excluding carboxylic acids is 2. The Morgan fingerprint density at radius 3 is 2.50 bits per heavy atom. The van der Waals surface area contributed by atoms with Crippen LogP contribution >= 0.6 is 11.8 Å². The number of thioether (sulfide) groups is 1. The maximum atomic E-state index is 12.3. The van der Waals surface area contributed by atoms with Crippen molar-refractivity contribution in [1.29, 1.82) is 0 Å². The predicted molar refractivity (Wildman–Crippen MR) is 116 cm³/mol. The Hall–Kier alpha value is -1.73. The molecule has 6 nitrogen and oxygen atoms in total. The molecule has 3 rings (SSSR count). The maximum Gasteiger partial charge on any atom is 0.319 e. The van der Waals surface area contributed by atoms with Crippen molar-refractivity contribution < 1.29 is 9.59 Å². The van der Waals surface area contributed by atoms with Gasteiger partial charge in [0.2, 0.25) is 5.91 Å². The van der Waals surface area contributed by atoms with E-state index in [4.69, 9.17) is 0 Å². The van der Waals surface area contributed by atoms with Crippen LogP contribution in [0.15, 0.2) is 24.3 Å². The Kier molecular flexibility index (Phi) is 7.62. The largest absolute Gasteiger partial charge is 0.341 e. The second-order valence-corrected chi connectivity index (χ2v) is 9.17. The topological polar surface area (TPSA) is 64.7 Å². The molecule has 0 aliphatic carbocycles. The SMILES string of the molecule is CC(C)N1CCC(CNC(=O)Nc2ccc(CC(=O)N3CCSCC3)cc2)C1. The summed E-state index contributed by atoms with van der Waals surface area (Å²) in [6.07, 6.45) is 1.56. The highest BCUT2D eigenvalue weighted by Crippen LogP contribution is 2.18. The van der Waals surface area contributed by atoms with E-state index in [9.17, 15) is 9.59 Å². The van der Waals surface area contributed by atoms with Crippen LogP contribution in [0.4, 0.5) is 10.5 Å². The molecule has 1 aromatic rings. The lowest BCUT2D eigenvalue weighted by Gasteiger charge is -2.26. The highest BCUT2D eigenvalue weighted by atomic mass is 32.2. The van der Waals surface area contributed by atoms with Gasteiger partial charge in [-0.1, -0.05) is 12.1 Å². The third-order valence-corrected chi connectivity index (χ3v) is 6.47. The molecule has 1 unspecified atom stereocenters. The van der Waals surface area contributed by atoms with Crippen molar-refractivity contribution in [1.82, 2.24) is 15.1 Å². The van der Waals surface area contributed by atoms with Crippen LogP contribution in [-0.2, 0) is 11.2 Å². The van der Waals surface area contributed by atoms with Gasteiger partial charge in [0.05, 0.1) is 6.42 Å². The number of rotatable bonds is 6. The van der Waals surface area contributed by atoms with Gasteiger partial charge >= 0.3 is 6.03 Å². The minimum absolute atomic E-state index is 0.169. The standard InChI is InChI=1S/C21H32N4O2S/c1-16(2)25-8-7-18(15-25)14-22-21(27)23-19-5-3-17(4-6-19)13-20(26)24-9-11-28-12-10-24/h3-6,16,18H,7-15H2,1-2H3,(H2,22,23,27). The van der Waals surface area contributed by atoms with Gasteiger partial charge in [0.1, 0.15) is 0 Å². The van der Waals surface area contributed by atoms with E-state index in [0.29, 0.717) is 24.9 Å². The Morgan fingerprint density at radius 2 is 1.86 bits per heavy atom. The van der Waals surface area contributed by atoms with Crippen LogP contribution in [0.1, 0.15) is 25.8 Å². The summed E-state index contributed by atoms with van der Waals surface area (Å²) in [6.45, 7) is 8.99. The zero-order valence-corrected chi connectivity index (χ0v) is 17.8. The lowest BCUT2D eigenvalue weighted by atomic mass is 10.1. The molecular weight excluding hydrogens is 372 g/mol. The number of benzene rings is 1. The van der Waals surface area contributed by atoms with Crippen LogP contribution in [0.2, 0.25) is 0 Å². The van der Waals surface area contributed by atoms with E-state index in [-0.39, 0.29) is 11.9 Å². The summed E-state index contributed by atoms with van der Waals surface area (Å²) in [5.41, 5.74) is 1.73. The average molecular weight is 405 g/mol. The van der Waals surface area contributed by atoms with E-state index in [2.05, 4.69) is 29.4 Å². The van der Waals surface area contributed by atoms with Crippen LogP contribution in [0.3, 0.4) is 0 Å². The van der Waals surface area contributed by atoms with Crippen LogP contribution in [0.25, 0.3) is 0 Å². The van der Waals surface area contributed by atoms with E-state index in [1.807, 2.05) is 40.9 Å². The normalized spacial score (nSPS) is 20.4. The molecule has 1 aromatic carbocycles. The van der Waals surface area contributed by atoms with Crippen molar-refractivity contribution in [2.24, 2.45) is 5.92 Å². The third kappa shape index (κ3) is 6.14. The summed E-state index contributed by atoms with van der Waals surface area (Å²) in [5.74, 6) is 2.76. The number of hydrogen-bond acceptors (Lipinski definition) is 4. The second kappa shape index (κ2) is 10.2. The third-order valence-electron chi connectivity index (χ3n) is 5.53. The summed E-state index contributed by atoms with van der Waals surface area (Å²) in [5, 5.41) is 5.86. The number of urea groups is 1. The predicted octanol–water partition coefficient (Wildman–Crippen LogP) is 2.66. The minimum Gasteiger partial charge on any atom is -0.341 e. The van der Waals surface area contributed by atoms with E-state index in [0.717, 1.165) is 55.4 Å². The van der Waals surface area contributed by atoms with Gasteiger partial charge in [0.25, 0.3) is 0 Å². The van der Waals surface area contributed by atoms with E-state index < -0.39 is 0 Å². The molecule has 2 aliphatic rings. The van der Waals surface area contributed by atoms with Gasteiger partial charge in [-0.3, -0.25) is 4.79 Å². The van der Waals surface area contributed by atoms with Crippen molar-refractivity contribution in [2.45, 2.75) is 32.7 Å². The Balaban J connectivity index is 1.40. The molecule has 0 spiro atoms. The molecule has 2 fully saturated rings. The fraction of sp³-hybridized carbons (Fsp3) is 0.619. The second-order valence-electron chi connectivity index (χ2n) is 7.95. The lowest BCUT2D eigenvalue weighted by Crippen LogP contribution is -2.38. The molecule has 0 radical (unpaired) electrons. The number of nitrogens with zero attached hydrogens (tertiary/aromatic N) is 2. The molecule has 7 heteroatoms. The highest BCUT2D eigenvalue weighted by Gasteiger charge is 2.24. The molecule has 0 aromatic heterocycles. The Morgan fingerprint density at radius 1 is 1.14 bits per heavy atom. The summed E-state index contributed by atoms with van der Waals surface area (Å²) in [4.78, 5) is 28.9. The van der Waals surface area contributed by atoms with Crippen LogP contribution < -0.4 is 10.6 Å². The van der Waals surface area contributed by atoms with Crippen molar-refractivity contribution >= 4 is 29.4 Å². The first kappa shape index (κ1) is 21.0. The highest BCUT2D eigenvalue weighted by molar-refractivity contribution is 7.99. The van der Waals surface area contributed by atoms with Crippen molar-refractivity contribution in [3.8, 4) is 0 Å². The van der Waals surface area contributed by atoms with Crippen molar-refractivity contribution in [3.63, 3.8) is 0 Å². The van der Waals surface area contributed by atoms with Crippen molar-refractivity contribution in [3.05, 3.63) is 29.8 Å². The van der Waals surface area contributed by atoms with E-state index in [1.54, 1.807) is 0 Å². The molecule has 1 atom stereocenters. The molecular formula is C21H32N4O2S. The number of anilines is 1. The minimum atomic E-state index is -0.169. The number of amides is 3. The first-order valence-electron chi connectivity index (χ1n) is 10.2. The summed E-state index contributed by atoms with van der Waals surface area (Å²) in [6, 6.07) is 7.97. The van der Waals surface area contributed by atoms with Crippen LogP contribution in [0, 0.1) is 5.92 Å². The molecule has 2 saturated heterocycles. The van der Waals surface area contributed by atoms with E-state index >= 15 is 0 Å². The quantitative estimate of drug-likeness (QED) is 0.765. The Labute approximate surface area is 172 Å². The van der Waals surface area contributed by atoms with Gasteiger partial charge in [-0.2, -0.15) is 11.8 Å². The molecule has 28 heavy (non-hydrogen) atoms. The van der Waals surface area contributed by atoms with Crippen LogP contribution in [-0.4, -0.2) is 72.0 Å². The fourth-order valence-corrected chi connectivity index (χ4v) is 4.62. The molecule has 154 valence electrons. The first-order valence-corrected chi connectivity index (χ1v) is 11.4. The van der Waals surface area contributed by atoms with Gasteiger partial charge in [0, 0.05) is 49.4 Å². The van der Waals surface area contributed by atoms with Gasteiger partial charge in [-0.05, 0) is 50.4 Å². The zero-order chi connectivity index (χ0) is 19.9. The number of carbonyl (C=O) groups is 2. The molecule has 3 amide bonds. The summed E-state index contributed by atoms with van der Waals surface area (Å²) < 4.78 is 0. The summed E-state index contributed by atoms with van der Waals surface area (Å²) in [7, 11) is 0. The Bertz CT molecular complexity index is 659. The zero-order valence-electron chi connectivity index (χ0n) is 16.9. The van der Waals surface area contributed by atoms with Gasteiger partial charge in [-0.25, -0.2) is 4.79 Å². The van der Waals surface area contributed by atoms with E-state index in [1.165, 1.54) is 0 Å². The molecule has 2 aliphatic heterocycles. The molecule has 0 bridgehead atoms. The van der Waals surface area contributed by atoms with Crippen LogP contribution in [0.5, 0.6) is 0 Å². The molecule has 2 N–H and O–H groups in total. The smallest absolute Gasteiger partial charge is 0.319 e. The van der Waals surface area contributed by atoms with Gasteiger partial charge in [0.15, 0.2) is 0 Å². The molecule has 2 heterocycles. The van der Waals surface area contributed by atoms with Gasteiger partial charge < -0.3 is 20.4 Å². The lowest BCUT2D eigenvalue weighted by molar-refractivity contribution is -0.130. The summed E-state index contributed by atoms with van der Waals surface area (Å²) >= 11 is 1.90. The first-order chi connectivity index (χ1) is 13.5. The average Bonchev–Trinajstić information content (AvgIpc) is 3.18. The fourth-order valence-electron chi connectivity index (χ4n) is 3.72. The van der Waals surface area contributed by atoms with Crippen molar-refractivity contribution in [2.75, 3.05) is 49.5 Å². The number of nitrogens with one attached hydrogen (secondary N) is 2.